The average molecular weight is 273 g/mol. The first-order valence-corrected chi connectivity index (χ1v) is 6.93. The lowest BCUT2D eigenvalue weighted by Gasteiger charge is -2.24. The van der Waals surface area contributed by atoms with Gasteiger partial charge in [-0.1, -0.05) is 24.3 Å². The van der Waals surface area contributed by atoms with Gasteiger partial charge >= 0.3 is 0 Å². The number of hydrogen-bond acceptors (Lipinski definition) is 5. The molecule has 106 valence electrons. The molecule has 20 heavy (non-hydrogen) atoms. The van der Waals surface area contributed by atoms with E-state index in [0.29, 0.717) is 11.9 Å². The van der Waals surface area contributed by atoms with Crippen molar-refractivity contribution in [2.45, 2.75) is 25.4 Å². The number of benzene rings is 1. The van der Waals surface area contributed by atoms with Crippen LogP contribution in [0.1, 0.15) is 18.4 Å². The lowest BCUT2D eigenvalue weighted by atomic mass is 10.1. The average Bonchev–Trinajstić information content (AvgIpc) is 3.12. The molecule has 2 aromatic rings. The van der Waals surface area contributed by atoms with Crippen LogP contribution >= 0.6 is 0 Å². The lowest BCUT2D eigenvalue weighted by Crippen LogP contribution is -2.32. The summed E-state index contributed by atoms with van der Waals surface area (Å²) in [6.07, 6.45) is 2.44. The molecule has 1 aromatic carbocycles. The van der Waals surface area contributed by atoms with Crippen LogP contribution in [-0.4, -0.2) is 51.8 Å². The molecule has 1 aromatic heterocycles. The number of aromatic nitrogens is 4. The predicted octanol–water partition coefficient (Wildman–Crippen LogP) is 1.48. The minimum atomic E-state index is 0.512. The molecule has 1 aliphatic heterocycles. The van der Waals surface area contributed by atoms with Gasteiger partial charge in [0.25, 0.3) is 0 Å². The minimum Gasteiger partial charge on any atom is -0.383 e. The number of nitrogens with one attached hydrogen (secondary N) is 1. The third-order valence-electron chi connectivity index (χ3n) is 3.84. The molecule has 0 unspecified atom stereocenters. The quantitative estimate of drug-likeness (QED) is 0.893. The molecule has 0 spiro atoms. The smallest absolute Gasteiger partial charge is 0.204 e. The maximum Gasteiger partial charge on any atom is 0.204 e. The maximum atomic E-state index is 5.31. The molecule has 1 saturated heterocycles. The molecule has 1 fully saturated rings. The fourth-order valence-corrected chi connectivity index (χ4v) is 2.86. The summed E-state index contributed by atoms with van der Waals surface area (Å²) in [6.45, 7) is 2.82. The maximum absolute atomic E-state index is 5.31. The molecule has 6 heteroatoms. The number of aromatic amines is 1. The molecular weight excluding hydrogens is 254 g/mol. The van der Waals surface area contributed by atoms with Crippen LogP contribution < -0.4 is 0 Å². The van der Waals surface area contributed by atoms with Crippen LogP contribution in [-0.2, 0) is 11.3 Å². The number of methoxy groups -OCH3 is 1. The Morgan fingerprint density at radius 1 is 1.40 bits per heavy atom. The fourth-order valence-electron chi connectivity index (χ4n) is 2.86. The number of likely N-dealkylation sites (tertiary alicyclic amines) is 1. The van der Waals surface area contributed by atoms with E-state index < -0.39 is 0 Å². The summed E-state index contributed by atoms with van der Waals surface area (Å²) in [5.74, 6) is 0.656. The van der Waals surface area contributed by atoms with Crippen molar-refractivity contribution in [3.8, 4) is 11.4 Å². The normalized spacial score (nSPS) is 19.6. The summed E-state index contributed by atoms with van der Waals surface area (Å²) in [7, 11) is 1.77. The summed E-state index contributed by atoms with van der Waals surface area (Å²) >= 11 is 0. The zero-order valence-corrected chi connectivity index (χ0v) is 11.6. The van der Waals surface area contributed by atoms with Crippen molar-refractivity contribution in [2.75, 3.05) is 20.3 Å². The summed E-state index contributed by atoms with van der Waals surface area (Å²) in [6, 6.07) is 8.75. The minimum absolute atomic E-state index is 0.512. The van der Waals surface area contributed by atoms with E-state index >= 15 is 0 Å². The van der Waals surface area contributed by atoms with E-state index in [0.717, 1.165) is 25.3 Å². The summed E-state index contributed by atoms with van der Waals surface area (Å²) in [5.41, 5.74) is 2.28. The largest absolute Gasteiger partial charge is 0.383 e. The van der Waals surface area contributed by atoms with E-state index in [9.17, 15) is 0 Å². The zero-order chi connectivity index (χ0) is 13.8. The van der Waals surface area contributed by atoms with Gasteiger partial charge in [0.05, 0.1) is 6.61 Å². The Labute approximate surface area is 118 Å². The van der Waals surface area contributed by atoms with Gasteiger partial charge in [0.2, 0.25) is 5.82 Å². The highest BCUT2D eigenvalue weighted by atomic mass is 16.5. The molecule has 6 nitrogen and oxygen atoms in total. The zero-order valence-electron chi connectivity index (χ0n) is 11.6. The van der Waals surface area contributed by atoms with E-state index in [1.807, 2.05) is 12.1 Å². The van der Waals surface area contributed by atoms with E-state index in [2.05, 4.69) is 37.7 Å². The molecule has 0 radical (unpaired) electrons. The summed E-state index contributed by atoms with van der Waals surface area (Å²) < 4.78 is 5.31. The van der Waals surface area contributed by atoms with Crippen molar-refractivity contribution in [1.82, 2.24) is 25.5 Å². The molecular formula is C14H19N5O. The van der Waals surface area contributed by atoms with Crippen LogP contribution in [0.15, 0.2) is 24.3 Å². The van der Waals surface area contributed by atoms with E-state index in [4.69, 9.17) is 4.74 Å². The van der Waals surface area contributed by atoms with Crippen molar-refractivity contribution in [3.05, 3.63) is 29.8 Å². The molecule has 3 rings (SSSR count). The molecule has 0 aliphatic carbocycles. The molecule has 1 aliphatic rings. The van der Waals surface area contributed by atoms with Gasteiger partial charge in [0.1, 0.15) is 0 Å². The Morgan fingerprint density at radius 2 is 2.30 bits per heavy atom. The van der Waals surface area contributed by atoms with Crippen LogP contribution in [0.3, 0.4) is 0 Å². The first kappa shape index (κ1) is 13.2. The molecule has 1 N–H and O–H groups in total. The van der Waals surface area contributed by atoms with E-state index in [1.165, 1.54) is 18.4 Å². The van der Waals surface area contributed by atoms with Crippen molar-refractivity contribution in [2.24, 2.45) is 0 Å². The number of ether oxygens (including phenoxy) is 1. The van der Waals surface area contributed by atoms with E-state index in [-0.39, 0.29) is 0 Å². The van der Waals surface area contributed by atoms with Crippen LogP contribution in [0.5, 0.6) is 0 Å². The van der Waals surface area contributed by atoms with Crippen molar-refractivity contribution >= 4 is 0 Å². The molecule has 1 atom stereocenters. The van der Waals surface area contributed by atoms with Gasteiger partial charge < -0.3 is 4.74 Å². The second-order valence-electron chi connectivity index (χ2n) is 5.11. The van der Waals surface area contributed by atoms with Gasteiger partial charge in [0.15, 0.2) is 0 Å². The Kier molecular flexibility index (Phi) is 4.03. The summed E-state index contributed by atoms with van der Waals surface area (Å²) in [4.78, 5) is 2.47. The van der Waals surface area contributed by atoms with Gasteiger partial charge in [0, 0.05) is 25.3 Å². The molecule has 0 saturated carbocycles. The fraction of sp³-hybridized carbons (Fsp3) is 0.500. The van der Waals surface area contributed by atoms with Gasteiger partial charge in [-0.3, -0.25) is 4.90 Å². The Bertz CT molecular complexity index is 542. The highest BCUT2D eigenvalue weighted by Gasteiger charge is 2.25. The van der Waals surface area contributed by atoms with Crippen LogP contribution in [0, 0.1) is 0 Å². The van der Waals surface area contributed by atoms with Gasteiger partial charge in [-0.25, -0.2) is 0 Å². The Hall–Kier alpha value is -1.79. The van der Waals surface area contributed by atoms with Crippen molar-refractivity contribution in [1.29, 1.82) is 0 Å². The predicted molar refractivity (Wildman–Crippen MR) is 74.9 cm³/mol. The highest BCUT2D eigenvalue weighted by Crippen LogP contribution is 2.25. The van der Waals surface area contributed by atoms with Crippen LogP contribution in [0.25, 0.3) is 11.4 Å². The molecule has 0 bridgehead atoms. The van der Waals surface area contributed by atoms with Gasteiger partial charge in [-0.15, -0.1) is 10.2 Å². The summed E-state index contributed by atoms with van der Waals surface area (Å²) in [5, 5.41) is 14.3. The molecule has 0 amide bonds. The third kappa shape index (κ3) is 2.71. The highest BCUT2D eigenvalue weighted by molar-refractivity contribution is 5.59. The van der Waals surface area contributed by atoms with Crippen molar-refractivity contribution < 1.29 is 4.74 Å². The topological polar surface area (TPSA) is 66.9 Å². The molecule has 2 heterocycles. The van der Waals surface area contributed by atoms with Gasteiger partial charge in [-0.05, 0) is 30.2 Å². The third-order valence-corrected chi connectivity index (χ3v) is 3.84. The number of tetrazole rings is 1. The number of rotatable bonds is 5. The monoisotopic (exact) mass is 273 g/mol. The second kappa shape index (κ2) is 6.11. The van der Waals surface area contributed by atoms with Crippen LogP contribution in [0.4, 0.5) is 0 Å². The number of H-pyrrole nitrogens is 1. The Balaban J connectivity index is 1.81. The lowest BCUT2D eigenvalue weighted by molar-refractivity contribution is 0.112. The standard InChI is InChI=1S/C14H19N5O/c1-20-10-12-6-4-8-19(12)9-11-5-2-3-7-13(11)14-15-17-18-16-14/h2-3,5,7,12H,4,6,8-10H2,1H3,(H,15,16,17,18)/t12-/m0/s1. The SMILES string of the molecule is COC[C@@H]1CCCN1Cc1ccccc1-c1nn[nH]n1. The van der Waals surface area contributed by atoms with E-state index in [1.54, 1.807) is 7.11 Å². The Morgan fingerprint density at radius 3 is 3.10 bits per heavy atom. The van der Waals surface area contributed by atoms with Gasteiger partial charge in [-0.2, -0.15) is 5.21 Å². The second-order valence-corrected chi connectivity index (χ2v) is 5.11. The first-order chi connectivity index (χ1) is 9.88. The van der Waals surface area contributed by atoms with Crippen LogP contribution in [0.2, 0.25) is 0 Å². The number of nitrogens with zero attached hydrogens (tertiary/aromatic N) is 4. The number of hydrogen-bond donors (Lipinski definition) is 1. The first-order valence-electron chi connectivity index (χ1n) is 6.93. The van der Waals surface area contributed by atoms with Crippen molar-refractivity contribution in [3.63, 3.8) is 0 Å².